The van der Waals surface area contributed by atoms with Crippen molar-refractivity contribution < 1.29 is 9.53 Å². The van der Waals surface area contributed by atoms with Gasteiger partial charge in [-0.1, -0.05) is 36.4 Å². The van der Waals surface area contributed by atoms with E-state index in [1.807, 2.05) is 6.07 Å². The van der Waals surface area contributed by atoms with E-state index in [2.05, 4.69) is 44.9 Å². The molecule has 5 rings (SSSR count). The molecule has 5 aromatic rings. The molecule has 9 heteroatoms. The largest absolute Gasteiger partial charge is 0.494 e. The molecule has 2 aromatic heterocycles. The number of rotatable bonds is 9. The van der Waals surface area contributed by atoms with Crippen molar-refractivity contribution in [3.05, 3.63) is 99.7 Å². The van der Waals surface area contributed by atoms with Crippen molar-refractivity contribution in [2.45, 2.75) is 19.3 Å². The second kappa shape index (κ2) is 10.5. The van der Waals surface area contributed by atoms with Gasteiger partial charge in [0.25, 0.3) is 0 Å². The summed E-state index contributed by atoms with van der Waals surface area (Å²) in [4.78, 5) is 26.7. The molecule has 0 amide bonds. The summed E-state index contributed by atoms with van der Waals surface area (Å²) in [6.07, 6.45) is 3.01. The summed E-state index contributed by atoms with van der Waals surface area (Å²) in [7, 11) is 0. The van der Waals surface area contributed by atoms with Crippen molar-refractivity contribution >= 4 is 32.9 Å². The van der Waals surface area contributed by atoms with E-state index in [9.17, 15) is 9.59 Å². The Balaban J connectivity index is 1.30. The van der Waals surface area contributed by atoms with Crippen molar-refractivity contribution in [2.75, 3.05) is 12.3 Å². The van der Waals surface area contributed by atoms with Gasteiger partial charge in [-0.15, -0.1) is 16.4 Å². The maximum Gasteiger partial charge on any atom is 0.211 e. The number of nitrogen functional groups attached to an aromatic ring is 1. The fraction of sp³-hybridized carbons (Fsp3) is 0.148. The molecule has 0 aliphatic heterocycles. The van der Waals surface area contributed by atoms with Gasteiger partial charge in [-0.3, -0.25) is 9.59 Å². The van der Waals surface area contributed by atoms with Gasteiger partial charge in [-0.25, -0.2) is 5.10 Å². The predicted molar refractivity (Wildman–Crippen MR) is 140 cm³/mol. The van der Waals surface area contributed by atoms with Gasteiger partial charge >= 0.3 is 0 Å². The third-order valence-corrected chi connectivity index (χ3v) is 7.11. The van der Waals surface area contributed by atoms with Gasteiger partial charge in [-0.05, 0) is 71.7 Å². The highest BCUT2D eigenvalue weighted by Crippen LogP contribution is 2.33. The molecule has 3 N–H and O–H groups in total. The fourth-order valence-corrected chi connectivity index (χ4v) is 5.10. The van der Waals surface area contributed by atoms with E-state index < -0.39 is 0 Å². The fourth-order valence-electron chi connectivity index (χ4n) is 3.96. The predicted octanol–water partition coefficient (Wildman–Crippen LogP) is 4.66. The molecule has 0 unspecified atom stereocenters. The van der Waals surface area contributed by atoms with Crippen molar-refractivity contribution in [2.24, 2.45) is 0 Å². The van der Waals surface area contributed by atoms with Gasteiger partial charge in [0.2, 0.25) is 5.43 Å². The number of anilines is 1. The molecular weight excluding hydrogens is 474 g/mol. The number of aromatic amines is 1. The standard InChI is InChI=1S/C27H23N5O3S/c28-22-24(34)21-11-6-10-20(25(21)36-26(22)27-29-31-32-30-27)23(33)18-12-14-19(15-13-18)35-16-5-4-9-17-7-2-1-3-8-17/h1-3,6-8,10-15H,4-5,9,16,28H2,(H,29,30,31,32). The first-order valence-corrected chi connectivity index (χ1v) is 12.3. The molecule has 0 atom stereocenters. The third kappa shape index (κ3) is 4.87. The number of H-pyrrole nitrogens is 1. The Morgan fingerprint density at radius 2 is 1.78 bits per heavy atom. The topological polar surface area (TPSA) is 124 Å². The highest BCUT2D eigenvalue weighted by Gasteiger charge is 2.19. The molecular formula is C27H23N5O3S. The average Bonchev–Trinajstić information content (AvgIpc) is 3.46. The zero-order valence-corrected chi connectivity index (χ0v) is 20.1. The van der Waals surface area contributed by atoms with Crippen molar-refractivity contribution in [1.82, 2.24) is 20.6 Å². The van der Waals surface area contributed by atoms with Crippen LogP contribution in [0.2, 0.25) is 0 Å². The molecule has 3 aromatic carbocycles. The number of carbonyl (C=O) groups excluding carboxylic acids is 1. The van der Waals surface area contributed by atoms with Crippen LogP contribution in [-0.4, -0.2) is 33.0 Å². The number of hydrogen-bond acceptors (Lipinski definition) is 8. The van der Waals surface area contributed by atoms with Crippen LogP contribution in [-0.2, 0) is 6.42 Å². The van der Waals surface area contributed by atoms with Crippen molar-refractivity contribution in [1.29, 1.82) is 0 Å². The number of hydrogen-bond donors (Lipinski definition) is 2. The van der Waals surface area contributed by atoms with E-state index in [0.29, 0.717) is 38.4 Å². The van der Waals surface area contributed by atoms with Crippen LogP contribution in [0.1, 0.15) is 34.3 Å². The third-order valence-electron chi connectivity index (χ3n) is 5.85. The zero-order valence-electron chi connectivity index (χ0n) is 19.3. The van der Waals surface area contributed by atoms with Crippen LogP contribution in [0.15, 0.2) is 77.6 Å². The number of nitrogens with one attached hydrogen (secondary N) is 1. The van der Waals surface area contributed by atoms with Gasteiger partial charge in [0.1, 0.15) is 16.3 Å². The molecule has 180 valence electrons. The van der Waals surface area contributed by atoms with E-state index in [4.69, 9.17) is 10.5 Å². The number of aryl methyl sites for hydroxylation is 1. The lowest BCUT2D eigenvalue weighted by molar-refractivity contribution is 0.104. The van der Waals surface area contributed by atoms with E-state index >= 15 is 0 Å². The Morgan fingerprint density at radius 3 is 2.53 bits per heavy atom. The van der Waals surface area contributed by atoms with Gasteiger partial charge < -0.3 is 10.5 Å². The number of fused-ring (bicyclic) bond motifs is 1. The molecule has 0 saturated carbocycles. The Kier molecular flexibility index (Phi) is 6.81. The minimum absolute atomic E-state index is 0.0425. The quantitative estimate of drug-likeness (QED) is 0.224. The minimum Gasteiger partial charge on any atom is -0.494 e. The Hall–Kier alpha value is -4.37. The number of unbranched alkanes of at least 4 members (excludes halogenated alkanes) is 1. The average molecular weight is 498 g/mol. The highest BCUT2D eigenvalue weighted by molar-refractivity contribution is 7.22. The maximum absolute atomic E-state index is 13.4. The molecule has 0 aliphatic carbocycles. The second-order valence-electron chi connectivity index (χ2n) is 8.25. The van der Waals surface area contributed by atoms with E-state index in [1.165, 1.54) is 16.9 Å². The number of ether oxygens (including phenoxy) is 1. The van der Waals surface area contributed by atoms with Gasteiger partial charge in [0, 0.05) is 16.5 Å². The summed E-state index contributed by atoms with van der Waals surface area (Å²) >= 11 is 1.21. The van der Waals surface area contributed by atoms with E-state index in [0.717, 1.165) is 19.3 Å². The number of ketones is 1. The Labute approximate surface area is 210 Å². The Bertz CT molecular complexity index is 1550. The summed E-state index contributed by atoms with van der Waals surface area (Å²) in [5, 5.41) is 14.0. The number of nitrogens with two attached hydrogens (primary N) is 1. The first-order chi connectivity index (χ1) is 17.6. The molecule has 0 bridgehead atoms. The molecule has 0 aliphatic rings. The summed E-state index contributed by atoms with van der Waals surface area (Å²) in [5.41, 5.74) is 7.99. The highest BCUT2D eigenvalue weighted by atomic mass is 32.1. The van der Waals surface area contributed by atoms with Crippen LogP contribution in [0.4, 0.5) is 5.69 Å². The summed E-state index contributed by atoms with van der Waals surface area (Å²) in [6.45, 7) is 0.609. The monoisotopic (exact) mass is 497 g/mol. The SMILES string of the molecule is Nc1c(-c2nnn[nH]2)sc2c(C(=O)c3ccc(OCCCCc4ccccc4)cc3)cccc2c1=O. The normalized spacial score (nSPS) is 11.0. The minimum atomic E-state index is -0.360. The maximum atomic E-state index is 13.4. The summed E-state index contributed by atoms with van der Waals surface area (Å²) in [5.74, 6) is 0.794. The smallest absolute Gasteiger partial charge is 0.211 e. The van der Waals surface area contributed by atoms with Crippen LogP contribution in [0.5, 0.6) is 5.75 Å². The van der Waals surface area contributed by atoms with Gasteiger partial charge in [-0.2, -0.15) is 0 Å². The number of tetrazole rings is 1. The van der Waals surface area contributed by atoms with E-state index in [1.54, 1.807) is 42.5 Å². The van der Waals surface area contributed by atoms with Gasteiger partial charge in [0.15, 0.2) is 11.6 Å². The van der Waals surface area contributed by atoms with Crippen molar-refractivity contribution in [3.8, 4) is 16.5 Å². The molecule has 36 heavy (non-hydrogen) atoms. The lowest BCUT2D eigenvalue weighted by atomic mass is 10.0. The number of benzene rings is 3. The first-order valence-electron chi connectivity index (χ1n) is 11.5. The van der Waals surface area contributed by atoms with Crippen LogP contribution in [0.3, 0.4) is 0 Å². The molecule has 0 radical (unpaired) electrons. The number of carbonyl (C=O) groups is 1. The second-order valence-corrected chi connectivity index (χ2v) is 9.27. The number of aromatic nitrogens is 4. The summed E-state index contributed by atoms with van der Waals surface area (Å²) < 4.78 is 6.39. The van der Waals surface area contributed by atoms with Crippen LogP contribution in [0.25, 0.3) is 20.8 Å². The first kappa shape index (κ1) is 23.4. The summed E-state index contributed by atoms with van der Waals surface area (Å²) in [6, 6.07) is 22.5. The Morgan fingerprint density at radius 1 is 0.972 bits per heavy atom. The van der Waals surface area contributed by atoms with Crippen LogP contribution >= 0.6 is 11.3 Å². The van der Waals surface area contributed by atoms with Crippen molar-refractivity contribution in [3.63, 3.8) is 0 Å². The molecule has 0 spiro atoms. The molecule has 8 nitrogen and oxygen atoms in total. The van der Waals surface area contributed by atoms with E-state index in [-0.39, 0.29) is 22.7 Å². The number of nitrogens with zero attached hydrogens (tertiary/aromatic N) is 3. The lowest BCUT2D eigenvalue weighted by Gasteiger charge is -2.09. The molecule has 0 saturated heterocycles. The van der Waals surface area contributed by atoms with Crippen LogP contribution in [0, 0.1) is 0 Å². The van der Waals surface area contributed by atoms with Gasteiger partial charge in [0.05, 0.1) is 11.3 Å². The lowest BCUT2D eigenvalue weighted by Crippen LogP contribution is -2.11. The molecule has 0 fully saturated rings. The van der Waals surface area contributed by atoms with Crippen LogP contribution < -0.4 is 15.9 Å². The molecule has 2 heterocycles. The zero-order chi connectivity index (χ0) is 24.9.